The Labute approximate surface area is 139 Å². The number of aryl methyl sites for hydroxylation is 1. The average Bonchev–Trinajstić information content (AvgIpc) is 2.56. The van der Waals surface area contributed by atoms with Crippen molar-refractivity contribution in [2.45, 2.75) is 32.4 Å². The lowest BCUT2D eigenvalue weighted by Crippen LogP contribution is -2.43. The highest BCUT2D eigenvalue weighted by Crippen LogP contribution is 2.15. The molecule has 8 heteroatoms. The lowest BCUT2D eigenvalue weighted by Gasteiger charge is -2.31. The molecule has 3 rings (SSSR count). The molecule has 0 radical (unpaired) electrons. The maximum atomic E-state index is 11.9. The van der Waals surface area contributed by atoms with Gasteiger partial charge in [-0.1, -0.05) is 0 Å². The maximum absolute atomic E-state index is 11.9. The number of rotatable bonds is 5. The summed E-state index contributed by atoms with van der Waals surface area (Å²) < 4.78 is 7.00. The Balaban J connectivity index is 1.49. The lowest BCUT2D eigenvalue weighted by atomic mass is 10.1. The van der Waals surface area contributed by atoms with Crippen molar-refractivity contribution in [2.75, 3.05) is 19.6 Å². The van der Waals surface area contributed by atoms with Crippen LogP contribution in [0.15, 0.2) is 34.1 Å². The fourth-order valence-corrected chi connectivity index (χ4v) is 2.83. The summed E-state index contributed by atoms with van der Waals surface area (Å²) in [6.45, 7) is 4.47. The van der Waals surface area contributed by atoms with Gasteiger partial charge in [0.05, 0.1) is 0 Å². The molecular weight excluding hydrogens is 310 g/mol. The summed E-state index contributed by atoms with van der Waals surface area (Å²) >= 11 is 0. The van der Waals surface area contributed by atoms with Gasteiger partial charge in [0.2, 0.25) is 0 Å². The Kier molecular flexibility index (Phi) is 5.05. The first-order chi connectivity index (χ1) is 11.6. The predicted octanol–water partition coefficient (Wildman–Crippen LogP) is 0.178. The van der Waals surface area contributed by atoms with E-state index in [1.54, 1.807) is 25.4 Å². The lowest BCUT2D eigenvalue weighted by molar-refractivity contribution is 0.0906. The molecule has 0 unspecified atom stereocenters. The van der Waals surface area contributed by atoms with Crippen molar-refractivity contribution in [3.8, 4) is 6.01 Å². The normalized spacial score (nSPS) is 16.2. The third-order valence-corrected chi connectivity index (χ3v) is 4.14. The SMILES string of the molecule is Cc1cc(=O)n(CCN2CCC(Oc3ncccn3)CC2)c(=O)[nH]1. The largest absolute Gasteiger partial charge is 0.460 e. The van der Waals surface area contributed by atoms with Crippen LogP contribution in [0.25, 0.3) is 0 Å². The number of piperidine rings is 1. The molecule has 1 aliphatic rings. The van der Waals surface area contributed by atoms with E-state index in [1.165, 1.54) is 10.6 Å². The molecule has 1 fully saturated rings. The minimum absolute atomic E-state index is 0.106. The van der Waals surface area contributed by atoms with E-state index in [0.717, 1.165) is 25.9 Å². The number of hydrogen-bond donors (Lipinski definition) is 1. The van der Waals surface area contributed by atoms with Crippen molar-refractivity contribution in [2.24, 2.45) is 0 Å². The van der Waals surface area contributed by atoms with E-state index in [9.17, 15) is 9.59 Å². The van der Waals surface area contributed by atoms with E-state index in [1.807, 2.05) is 0 Å². The Hall–Kier alpha value is -2.48. The molecule has 0 saturated carbocycles. The highest BCUT2D eigenvalue weighted by Gasteiger charge is 2.21. The van der Waals surface area contributed by atoms with Gasteiger partial charge in [0.15, 0.2) is 0 Å². The monoisotopic (exact) mass is 331 g/mol. The van der Waals surface area contributed by atoms with Crippen LogP contribution >= 0.6 is 0 Å². The van der Waals surface area contributed by atoms with Gasteiger partial charge in [-0.25, -0.2) is 14.8 Å². The van der Waals surface area contributed by atoms with E-state index in [2.05, 4.69) is 19.9 Å². The fourth-order valence-electron chi connectivity index (χ4n) is 2.83. The van der Waals surface area contributed by atoms with E-state index in [-0.39, 0.29) is 17.4 Å². The predicted molar refractivity (Wildman–Crippen MR) is 88.2 cm³/mol. The number of nitrogens with zero attached hydrogens (tertiary/aromatic N) is 4. The molecule has 3 heterocycles. The van der Waals surface area contributed by atoms with Crippen LogP contribution in [0.2, 0.25) is 0 Å². The smallest absolute Gasteiger partial charge is 0.328 e. The maximum Gasteiger partial charge on any atom is 0.328 e. The Morgan fingerprint density at radius 2 is 1.92 bits per heavy atom. The number of ether oxygens (including phenoxy) is 1. The second-order valence-corrected chi connectivity index (χ2v) is 5.94. The van der Waals surface area contributed by atoms with Crippen LogP contribution in [0.1, 0.15) is 18.5 Å². The van der Waals surface area contributed by atoms with Gasteiger partial charge in [-0.3, -0.25) is 9.36 Å². The first-order valence-electron chi connectivity index (χ1n) is 8.08. The zero-order valence-electron chi connectivity index (χ0n) is 13.6. The van der Waals surface area contributed by atoms with Crippen molar-refractivity contribution >= 4 is 0 Å². The van der Waals surface area contributed by atoms with Crippen molar-refractivity contribution in [1.29, 1.82) is 0 Å². The van der Waals surface area contributed by atoms with Gasteiger partial charge >= 0.3 is 11.7 Å². The number of nitrogens with one attached hydrogen (secondary N) is 1. The van der Waals surface area contributed by atoms with Gasteiger partial charge in [-0.2, -0.15) is 0 Å². The summed E-state index contributed by atoms with van der Waals surface area (Å²) in [5.41, 5.74) is -0.0162. The average molecular weight is 331 g/mol. The second-order valence-electron chi connectivity index (χ2n) is 5.94. The van der Waals surface area contributed by atoms with Gasteiger partial charge < -0.3 is 14.6 Å². The topological polar surface area (TPSA) is 93.1 Å². The van der Waals surface area contributed by atoms with Crippen LogP contribution in [0, 0.1) is 6.92 Å². The minimum Gasteiger partial charge on any atom is -0.460 e. The Morgan fingerprint density at radius 1 is 1.21 bits per heavy atom. The summed E-state index contributed by atoms with van der Waals surface area (Å²) in [6.07, 6.45) is 5.17. The van der Waals surface area contributed by atoms with Crippen LogP contribution < -0.4 is 16.0 Å². The van der Waals surface area contributed by atoms with Crippen LogP contribution in [0.4, 0.5) is 0 Å². The molecule has 2 aromatic heterocycles. The Morgan fingerprint density at radius 3 is 2.58 bits per heavy atom. The molecule has 0 bridgehead atoms. The molecule has 8 nitrogen and oxygen atoms in total. The van der Waals surface area contributed by atoms with Crippen molar-refractivity contribution in [3.05, 3.63) is 51.1 Å². The second kappa shape index (κ2) is 7.39. The standard InChI is InChI=1S/C16H21N5O3/c1-12-11-14(22)21(16(23)19-12)10-9-20-7-3-13(4-8-20)24-15-17-5-2-6-18-15/h2,5-6,11,13H,3-4,7-10H2,1H3,(H,19,23). The van der Waals surface area contributed by atoms with Crippen LogP contribution in [0.3, 0.4) is 0 Å². The quantitative estimate of drug-likeness (QED) is 0.840. The molecule has 0 aromatic carbocycles. The fraction of sp³-hybridized carbons (Fsp3) is 0.500. The molecule has 24 heavy (non-hydrogen) atoms. The number of hydrogen-bond acceptors (Lipinski definition) is 6. The molecule has 1 aliphatic heterocycles. The van der Waals surface area contributed by atoms with Crippen LogP contribution in [-0.4, -0.2) is 50.2 Å². The molecule has 0 spiro atoms. The van der Waals surface area contributed by atoms with Crippen molar-refractivity contribution < 1.29 is 4.74 Å². The first-order valence-corrected chi connectivity index (χ1v) is 8.08. The molecule has 1 N–H and O–H groups in total. The molecule has 128 valence electrons. The molecular formula is C16H21N5O3. The number of H-pyrrole nitrogens is 1. The zero-order valence-corrected chi connectivity index (χ0v) is 13.6. The first kappa shape index (κ1) is 16.4. The van der Waals surface area contributed by atoms with Gasteiger partial charge in [0, 0.05) is 50.3 Å². The zero-order chi connectivity index (χ0) is 16.9. The van der Waals surface area contributed by atoms with Crippen molar-refractivity contribution in [3.63, 3.8) is 0 Å². The highest BCUT2D eigenvalue weighted by atomic mass is 16.5. The van der Waals surface area contributed by atoms with Crippen molar-refractivity contribution in [1.82, 2.24) is 24.4 Å². The van der Waals surface area contributed by atoms with E-state index >= 15 is 0 Å². The molecule has 0 amide bonds. The summed E-state index contributed by atoms with van der Waals surface area (Å²) in [4.78, 5) is 36.8. The van der Waals surface area contributed by atoms with Gasteiger partial charge in [0.1, 0.15) is 6.10 Å². The molecule has 0 aliphatic carbocycles. The number of aromatic nitrogens is 4. The molecule has 2 aromatic rings. The third-order valence-electron chi connectivity index (χ3n) is 4.14. The molecule has 1 saturated heterocycles. The summed E-state index contributed by atoms with van der Waals surface area (Å²) in [5, 5.41) is 0. The van der Waals surface area contributed by atoms with Gasteiger partial charge in [-0.05, 0) is 25.8 Å². The van der Waals surface area contributed by atoms with Gasteiger partial charge in [0.25, 0.3) is 5.56 Å². The van der Waals surface area contributed by atoms with Gasteiger partial charge in [-0.15, -0.1) is 0 Å². The number of aromatic amines is 1. The van der Waals surface area contributed by atoms with E-state index in [4.69, 9.17) is 4.74 Å². The van der Waals surface area contributed by atoms with Crippen LogP contribution in [-0.2, 0) is 6.54 Å². The summed E-state index contributed by atoms with van der Waals surface area (Å²) in [6, 6.07) is 3.61. The third kappa shape index (κ3) is 4.08. The highest BCUT2D eigenvalue weighted by molar-refractivity contribution is 4.97. The minimum atomic E-state index is -0.348. The molecule has 0 atom stereocenters. The van der Waals surface area contributed by atoms with E-state index < -0.39 is 0 Å². The van der Waals surface area contributed by atoms with E-state index in [0.29, 0.717) is 24.8 Å². The summed E-state index contributed by atoms with van der Waals surface area (Å²) in [5.74, 6) is 0. The summed E-state index contributed by atoms with van der Waals surface area (Å²) in [7, 11) is 0. The Bertz CT molecular complexity index is 747. The number of likely N-dealkylation sites (tertiary alicyclic amines) is 1. The van der Waals surface area contributed by atoms with Crippen LogP contribution in [0.5, 0.6) is 6.01 Å².